The molecule has 0 atom stereocenters. The summed E-state index contributed by atoms with van der Waals surface area (Å²) < 4.78 is 1.87. The number of rotatable bonds is 3. The number of hydrogen-bond donors (Lipinski definition) is 1. The summed E-state index contributed by atoms with van der Waals surface area (Å²) in [5.41, 5.74) is 3.36. The van der Waals surface area contributed by atoms with Crippen molar-refractivity contribution >= 4 is 17.4 Å². The minimum Gasteiger partial charge on any atom is -0.364 e. The van der Waals surface area contributed by atoms with Crippen LogP contribution < -0.4 is 5.32 Å². The van der Waals surface area contributed by atoms with E-state index >= 15 is 0 Å². The van der Waals surface area contributed by atoms with Crippen molar-refractivity contribution in [3.8, 4) is 0 Å². The van der Waals surface area contributed by atoms with Crippen molar-refractivity contribution in [2.45, 2.75) is 20.4 Å². The van der Waals surface area contributed by atoms with E-state index in [1.54, 1.807) is 12.1 Å². The predicted octanol–water partition coefficient (Wildman–Crippen LogP) is 2.09. The molecule has 0 aromatic carbocycles. The third-order valence-corrected chi connectivity index (χ3v) is 2.94. The predicted molar refractivity (Wildman–Crippen MR) is 67.1 cm³/mol. The summed E-state index contributed by atoms with van der Waals surface area (Å²) >= 11 is 5.67. The van der Waals surface area contributed by atoms with Crippen molar-refractivity contribution < 1.29 is 0 Å². The van der Waals surface area contributed by atoms with E-state index in [-0.39, 0.29) is 0 Å². The molecule has 0 bridgehead atoms. The fourth-order valence-corrected chi connectivity index (χ4v) is 1.76. The first-order valence-corrected chi connectivity index (χ1v) is 5.68. The van der Waals surface area contributed by atoms with Crippen LogP contribution in [0.25, 0.3) is 0 Å². The van der Waals surface area contributed by atoms with Crippen molar-refractivity contribution in [3.05, 3.63) is 34.2 Å². The van der Waals surface area contributed by atoms with E-state index < -0.39 is 0 Å². The van der Waals surface area contributed by atoms with Crippen LogP contribution in [0.15, 0.2) is 12.1 Å². The Morgan fingerprint density at radius 2 is 2.06 bits per heavy atom. The highest BCUT2D eigenvalue weighted by Gasteiger charge is 2.08. The second kappa shape index (κ2) is 4.71. The van der Waals surface area contributed by atoms with Crippen molar-refractivity contribution in [3.63, 3.8) is 0 Å². The van der Waals surface area contributed by atoms with Gasteiger partial charge in [0.15, 0.2) is 5.15 Å². The summed E-state index contributed by atoms with van der Waals surface area (Å²) in [5.74, 6) is 0.706. The van der Waals surface area contributed by atoms with Crippen LogP contribution in [0.1, 0.15) is 17.0 Å². The van der Waals surface area contributed by atoms with Gasteiger partial charge in [-0.2, -0.15) is 5.10 Å². The van der Waals surface area contributed by atoms with Gasteiger partial charge in [-0.25, -0.2) is 0 Å². The van der Waals surface area contributed by atoms with Gasteiger partial charge in [-0.3, -0.25) is 4.68 Å². The van der Waals surface area contributed by atoms with Gasteiger partial charge in [0, 0.05) is 24.8 Å². The molecular weight excluding hydrogens is 238 g/mol. The third-order valence-electron chi connectivity index (χ3n) is 2.74. The maximum atomic E-state index is 5.67. The van der Waals surface area contributed by atoms with Gasteiger partial charge < -0.3 is 5.32 Å². The summed E-state index contributed by atoms with van der Waals surface area (Å²) in [6, 6.07) is 3.51. The standard InChI is InChI=1S/C11H14ClN5/c1-7-9(8(2)17(3)16-7)6-13-11-5-4-10(12)14-15-11/h4-5H,6H2,1-3H3,(H,13,15). The van der Waals surface area contributed by atoms with Crippen LogP contribution in [0.2, 0.25) is 5.15 Å². The second-order valence-electron chi connectivity index (χ2n) is 3.87. The van der Waals surface area contributed by atoms with Crippen molar-refractivity contribution in [1.82, 2.24) is 20.0 Å². The molecule has 0 aliphatic rings. The van der Waals surface area contributed by atoms with Crippen LogP contribution >= 0.6 is 11.6 Å². The Bertz CT molecular complexity index is 517. The average molecular weight is 252 g/mol. The van der Waals surface area contributed by atoms with Gasteiger partial charge in [-0.05, 0) is 26.0 Å². The Morgan fingerprint density at radius 1 is 1.29 bits per heavy atom. The maximum absolute atomic E-state index is 5.67. The molecule has 17 heavy (non-hydrogen) atoms. The Hall–Kier alpha value is -1.62. The van der Waals surface area contributed by atoms with Crippen LogP contribution in [-0.4, -0.2) is 20.0 Å². The molecule has 0 saturated carbocycles. The van der Waals surface area contributed by atoms with Gasteiger partial charge in [0.2, 0.25) is 0 Å². The van der Waals surface area contributed by atoms with Crippen molar-refractivity contribution in [2.75, 3.05) is 5.32 Å². The first kappa shape index (κ1) is 11.9. The fraction of sp³-hybridized carbons (Fsp3) is 0.364. The summed E-state index contributed by atoms with van der Waals surface area (Å²) in [4.78, 5) is 0. The molecule has 5 nitrogen and oxygen atoms in total. The number of hydrogen-bond acceptors (Lipinski definition) is 4. The molecule has 0 unspecified atom stereocenters. The molecule has 2 aromatic rings. The Morgan fingerprint density at radius 3 is 2.59 bits per heavy atom. The third kappa shape index (κ3) is 2.55. The highest BCUT2D eigenvalue weighted by molar-refractivity contribution is 6.29. The molecule has 6 heteroatoms. The van der Waals surface area contributed by atoms with E-state index in [2.05, 4.69) is 20.6 Å². The SMILES string of the molecule is Cc1nn(C)c(C)c1CNc1ccc(Cl)nn1. The number of anilines is 1. The lowest BCUT2D eigenvalue weighted by atomic mass is 10.2. The van der Waals surface area contributed by atoms with Crippen molar-refractivity contribution in [1.29, 1.82) is 0 Å². The van der Waals surface area contributed by atoms with Crippen molar-refractivity contribution in [2.24, 2.45) is 7.05 Å². The number of aromatic nitrogens is 4. The molecule has 2 rings (SSSR count). The van der Waals surface area contributed by atoms with E-state index in [0.717, 1.165) is 11.4 Å². The summed E-state index contributed by atoms with van der Waals surface area (Å²) in [6.07, 6.45) is 0. The lowest BCUT2D eigenvalue weighted by Crippen LogP contribution is -2.04. The molecule has 90 valence electrons. The normalized spacial score (nSPS) is 10.6. The molecule has 0 spiro atoms. The number of nitrogens with one attached hydrogen (secondary N) is 1. The summed E-state index contributed by atoms with van der Waals surface area (Å²) in [5, 5.41) is 15.7. The molecule has 0 aliphatic heterocycles. The van der Waals surface area contributed by atoms with Crippen LogP contribution in [0.4, 0.5) is 5.82 Å². The van der Waals surface area contributed by atoms with Gasteiger partial charge in [0.1, 0.15) is 5.82 Å². The Kier molecular flexibility index (Phi) is 3.28. The molecule has 0 saturated heterocycles. The van der Waals surface area contributed by atoms with Gasteiger partial charge in [-0.1, -0.05) is 11.6 Å². The second-order valence-corrected chi connectivity index (χ2v) is 4.26. The van der Waals surface area contributed by atoms with Gasteiger partial charge in [0.05, 0.1) is 5.69 Å². The monoisotopic (exact) mass is 251 g/mol. The van der Waals surface area contributed by atoms with E-state index in [0.29, 0.717) is 17.5 Å². The molecule has 2 heterocycles. The Labute approximate surface area is 105 Å². The number of aryl methyl sites for hydroxylation is 2. The zero-order valence-electron chi connectivity index (χ0n) is 10.0. The van der Waals surface area contributed by atoms with Crippen LogP contribution in [0, 0.1) is 13.8 Å². The van der Waals surface area contributed by atoms with E-state index in [4.69, 9.17) is 11.6 Å². The fourth-order valence-electron chi connectivity index (χ4n) is 1.66. The zero-order valence-corrected chi connectivity index (χ0v) is 10.8. The van der Waals surface area contributed by atoms with E-state index in [1.165, 1.54) is 5.56 Å². The van der Waals surface area contributed by atoms with Gasteiger partial charge >= 0.3 is 0 Å². The average Bonchev–Trinajstić information content (AvgIpc) is 2.54. The molecule has 0 fully saturated rings. The summed E-state index contributed by atoms with van der Waals surface area (Å²) in [7, 11) is 1.94. The Balaban J connectivity index is 2.09. The highest BCUT2D eigenvalue weighted by Crippen LogP contribution is 2.14. The van der Waals surface area contributed by atoms with Gasteiger partial charge in [0.25, 0.3) is 0 Å². The molecule has 0 amide bonds. The highest BCUT2D eigenvalue weighted by atomic mass is 35.5. The molecular formula is C11H14ClN5. The minimum absolute atomic E-state index is 0.393. The first-order valence-electron chi connectivity index (χ1n) is 5.30. The lowest BCUT2D eigenvalue weighted by molar-refractivity contribution is 0.730. The first-order chi connectivity index (χ1) is 8.08. The topological polar surface area (TPSA) is 55.6 Å². The summed E-state index contributed by atoms with van der Waals surface area (Å²) in [6.45, 7) is 4.73. The van der Waals surface area contributed by atoms with E-state index in [1.807, 2.05) is 25.6 Å². The lowest BCUT2D eigenvalue weighted by Gasteiger charge is -2.05. The molecule has 1 N–H and O–H groups in total. The van der Waals surface area contributed by atoms with E-state index in [9.17, 15) is 0 Å². The number of nitrogens with zero attached hydrogens (tertiary/aromatic N) is 4. The van der Waals surface area contributed by atoms with Crippen LogP contribution in [-0.2, 0) is 13.6 Å². The molecule has 0 radical (unpaired) electrons. The zero-order chi connectivity index (χ0) is 12.4. The quantitative estimate of drug-likeness (QED) is 0.908. The molecule has 2 aromatic heterocycles. The smallest absolute Gasteiger partial charge is 0.151 e. The maximum Gasteiger partial charge on any atom is 0.151 e. The molecule has 0 aliphatic carbocycles. The van der Waals surface area contributed by atoms with Crippen LogP contribution in [0.5, 0.6) is 0 Å². The largest absolute Gasteiger partial charge is 0.364 e. The van der Waals surface area contributed by atoms with Crippen LogP contribution in [0.3, 0.4) is 0 Å². The minimum atomic E-state index is 0.393. The van der Waals surface area contributed by atoms with Gasteiger partial charge in [-0.15, -0.1) is 10.2 Å². The number of halogens is 1.